The van der Waals surface area contributed by atoms with Gasteiger partial charge in [0.25, 0.3) is 0 Å². The average Bonchev–Trinajstić information content (AvgIpc) is 3.31. The fourth-order valence-electron chi connectivity index (χ4n) is 3.14. The number of benzene rings is 2. The highest BCUT2D eigenvalue weighted by atomic mass is 35.5. The second-order valence-electron chi connectivity index (χ2n) is 7.16. The van der Waals surface area contributed by atoms with Crippen molar-refractivity contribution >= 4 is 63.6 Å². The molecule has 2 N–H and O–H groups in total. The Morgan fingerprint density at radius 2 is 1.75 bits per heavy atom. The van der Waals surface area contributed by atoms with Gasteiger partial charge in [0.1, 0.15) is 0 Å². The molecule has 2 heterocycles. The van der Waals surface area contributed by atoms with E-state index in [2.05, 4.69) is 20.8 Å². The highest BCUT2D eigenvalue weighted by Crippen LogP contribution is 2.23. The number of aryl methyl sites for hydroxylation is 1. The molecule has 0 radical (unpaired) electrons. The summed E-state index contributed by atoms with van der Waals surface area (Å²) in [5.74, 6) is 0.633. The molecule has 10 heteroatoms. The average molecular weight is 506 g/mol. The Balaban J connectivity index is 1.37. The summed E-state index contributed by atoms with van der Waals surface area (Å²) in [6.45, 7) is 3.06. The van der Waals surface area contributed by atoms with Gasteiger partial charge in [0, 0.05) is 33.0 Å². The van der Waals surface area contributed by atoms with Crippen LogP contribution >= 0.6 is 47.0 Å². The van der Waals surface area contributed by atoms with Gasteiger partial charge >= 0.3 is 0 Å². The van der Waals surface area contributed by atoms with Crippen LogP contribution in [0.3, 0.4) is 0 Å². The number of rotatable bonds is 6. The first-order chi connectivity index (χ1) is 15.4. The number of thiocarbonyl (C=S) groups is 1. The lowest BCUT2D eigenvalue weighted by Gasteiger charge is -2.08. The van der Waals surface area contributed by atoms with Gasteiger partial charge in [0.05, 0.1) is 25.0 Å². The molecule has 32 heavy (non-hydrogen) atoms. The monoisotopic (exact) mass is 504 g/mol. The van der Waals surface area contributed by atoms with Gasteiger partial charge in [-0.15, -0.1) is 0 Å². The predicted octanol–water partition coefficient (Wildman–Crippen LogP) is 6.25. The van der Waals surface area contributed by atoms with E-state index in [0.717, 1.165) is 22.5 Å². The Kier molecular flexibility index (Phi) is 7.01. The van der Waals surface area contributed by atoms with Gasteiger partial charge < -0.3 is 10.6 Å². The van der Waals surface area contributed by atoms with E-state index in [1.807, 2.05) is 60.3 Å². The van der Waals surface area contributed by atoms with Crippen molar-refractivity contribution in [3.05, 3.63) is 92.8 Å². The lowest BCUT2D eigenvalue weighted by atomic mass is 10.2. The molecule has 0 fully saturated rings. The van der Waals surface area contributed by atoms with Gasteiger partial charge in [0.15, 0.2) is 10.9 Å². The Morgan fingerprint density at radius 1 is 0.969 bits per heavy atom. The molecule has 0 saturated carbocycles. The summed E-state index contributed by atoms with van der Waals surface area (Å²) in [5, 5.41) is 17.5. The summed E-state index contributed by atoms with van der Waals surface area (Å²) in [5.41, 5.74) is 3.65. The maximum Gasteiger partial charge on any atom is 0.176 e. The van der Waals surface area contributed by atoms with Crippen LogP contribution in [-0.2, 0) is 13.1 Å². The van der Waals surface area contributed by atoms with Crippen molar-refractivity contribution in [1.82, 2.24) is 19.6 Å². The second-order valence-corrected chi connectivity index (χ2v) is 8.82. The van der Waals surface area contributed by atoms with E-state index in [1.54, 1.807) is 16.9 Å². The maximum absolute atomic E-state index is 6.29. The molecule has 0 aliphatic carbocycles. The highest BCUT2D eigenvalue weighted by molar-refractivity contribution is 7.80. The smallest absolute Gasteiger partial charge is 0.176 e. The summed E-state index contributed by atoms with van der Waals surface area (Å²) < 4.78 is 3.64. The second kappa shape index (κ2) is 9.92. The summed E-state index contributed by atoms with van der Waals surface area (Å²) >= 11 is 23.9. The Morgan fingerprint density at radius 3 is 2.53 bits per heavy atom. The first kappa shape index (κ1) is 22.6. The lowest BCUT2D eigenvalue weighted by Crippen LogP contribution is -2.19. The molecule has 0 aliphatic rings. The third-order valence-electron chi connectivity index (χ3n) is 4.74. The van der Waals surface area contributed by atoms with Crippen molar-refractivity contribution in [2.24, 2.45) is 0 Å². The van der Waals surface area contributed by atoms with Gasteiger partial charge in [-0.05, 0) is 48.5 Å². The molecule has 0 atom stereocenters. The van der Waals surface area contributed by atoms with Crippen LogP contribution in [0.5, 0.6) is 0 Å². The fraction of sp³-hybridized carbons (Fsp3) is 0.136. The van der Waals surface area contributed by atoms with Crippen LogP contribution in [-0.4, -0.2) is 24.7 Å². The van der Waals surface area contributed by atoms with Crippen LogP contribution in [0.1, 0.15) is 16.8 Å². The third-order valence-corrected chi connectivity index (χ3v) is 5.90. The normalized spacial score (nSPS) is 10.9. The molecule has 0 unspecified atom stereocenters. The summed E-state index contributed by atoms with van der Waals surface area (Å²) in [6.07, 6.45) is 3.57. The number of halogens is 3. The molecular weight excluding hydrogens is 487 g/mol. The van der Waals surface area contributed by atoms with E-state index < -0.39 is 0 Å². The van der Waals surface area contributed by atoms with Gasteiger partial charge in [-0.2, -0.15) is 10.2 Å². The van der Waals surface area contributed by atoms with Crippen LogP contribution in [0.4, 0.5) is 11.5 Å². The zero-order chi connectivity index (χ0) is 22.7. The van der Waals surface area contributed by atoms with Gasteiger partial charge in [-0.3, -0.25) is 9.36 Å². The topological polar surface area (TPSA) is 59.7 Å². The number of hydrogen-bond donors (Lipinski definition) is 2. The van der Waals surface area contributed by atoms with Crippen molar-refractivity contribution in [2.75, 3.05) is 10.6 Å². The molecule has 2 aromatic heterocycles. The van der Waals surface area contributed by atoms with Crippen molar-refractivity contribution in [1.29, 1.82) is 0 Å². The molecule has 0 bridgehead atoms. The summed E-state index contributed by atoms with van der Waals surface area (Å²) in [7, 11) is 0. The molecule has 6 nitrogen and oxygen atoms in total. The van der Waals surface area contributed by atoms with Gasteiger partial charge in [-0.25, -0.2) is 0 Å². The molecule has 0 amide bonds. The SMILES string of the molecule is Cc1cc(NC(=S)Nc2cnn(Cc3ccccc3Cl)c2)nn1Cc1ccc(Cl)cc1Cl. The molecule has 0 spiro atoms. The lowest BCUT2D eigenvalue weighted by molar-refractivity contribution is 0.668. The van der Waals surface area contributed by atoms with Crippen molar-refractivity contribution in [2.45, 2.75) is 20.0 Å². The first-order valence-electron chi connectivity index (χ1n) is 9.69. The number of hydrogen-bond acceptors (Lipinski definition) is 3. The molecule has 2 aromatic carbocycles. The molecule has 4 aromatic rings. The van der Waals surface area contributed by atoms with E-state index in [9.17, 15) is 0 Å². The minimum atomic E-state index is 0.413. The van der Waals surface area contributed by atoms with E-state index in [4.69, 9.17) is 47.0 Å². The van der Waals surface area contributed by atoms with E-state index in [0.29, 0.717) is 39.1 Å². The van der Waals surface area contributed by atoms with Crippen LogP contribution in [0.25, 0.3) is 0 Å². The van der Waals surface area contributed by atoms with Gasteiger partial charge in [-0.1, -0.05) is 59.1 Å². The molecule has 0 saturated heterocycles. The number of aromatic nitrogens is 4. The Labute approximate surface area is 206 Å². The quantitative estimate of drug-likeness (QED) is 0.303. The highest BCUT2D eigenvalue weighted by Gasteiger charge is 2.10. The molecule has 4 rings (SSSR count). The minimum Gasteiger partial charge on any atom is -0.330 e. The van der Waals surface area contributed by atoms with E-state index >= 15 is 0 Å². The zero-order valence-electron chi connectivity index (χ0n) is 17.0. The minimum absolute atomic E-state index is 0.413. The first-order valence-corrected chi connectivity index (χ1v) is 11.2. The van der Waals surface area contributed by atoms with Crippen molar-refractivity contribution < 1.29 is 0 Å². The van der Waals surface area contributed by atoms with Crippen LogP contribution < -0.4 is 10.6 Å². The van der Waals surface area contributed by atoms with Crippen molar-refractivity contribution in [3.8, 4) is 0 Å². The summed E-state index contributed by atoms with van der Waals surface area (Å²) in [4.78, 5) is 0. The van der Waals surface area contributed by atoms with Gasteiger partial charge in [0.2, 0.25) is 0 Å². The van der Waals surface area contributed by atoms with E-state index in [-0.39, 0.29) is 0 Å². The van der Waals surface area contributed by atoms with Crippen LogP contribution in [0.15, 0.2) is 60.9 Å². The molecular formula is C22H19Cl3N6S. The van der Waals surface area contributed by atoms with Crippen LogP contribution in [0.2, 0.25) is 15.1 Å². The predicted molar refractivity (Wildman–Crippen MR) is 135 cm³/mol. The van der Waals surface area contributed by atoms with Crippen LogP contribution in [0, 0.1) is 6.92 Å². The molecule has 0 aliphatic heterocycles. The number of anilines is 2. The van der Waals surface area contributed by atoms with E-state index in [1.165, 1.54) is 0 Å². The fourth-order valence-corrected chi connectivity index (χ4v) is 4.02. The third kappa shape index (κ3) is 5.61. The Hall–Kier alpha value is -2.58. The largest absolute Gasteiger partial charge is 0.330 e. The summed E-state index contributed by atoms with van der Waals surface area (Å²) in [6, 6.07) is 15.0. The maximum atomic E-state index is 6.29. The number of nitrogens with one attached hydrogen (secondary N) is 2. The molecule has 164 valence electrons. The number of nitrogens with zero attached hydrogens (tertiary/aromatic N) is 4. The van der Waals surface area contributed by atoms with Crippen molar-refractivity contribution in [3.63, 3.8) is 0 Å². The Bertz CT molecular complexity index is 1270. The zero-order valence-corrected chi connectivity index (χ0v) is 20.1. The standard InChI is InChI=1S/C22H19Cl3N6S/c1-14-8-21(29-31(14)12-16-6-7-17(23)9-20(16)25)28-22(32)27-18-10-26-30(13-18)11-15-4-2-3-5-19(15)24/h2-10,13H,11-12H2,1H3,(H2,27,28,29,32).